The minimum Gasteiger partial charge on any atom is -0.327 e. The minimum atomic E-state index is 0.411. The van der Waals surface area contributed by atoms with Gasteiger partial charge in [-0.05, 0) is 32.1 Å². The molecule has 0 aromatic carbocycles. The molecule has 1 rings (SSSR count). The molecule has 0 spiro atoms. The van der Waals surface area contributed by atoms with E-state index in [1.807, 2.05) is 6.92 Å². The van der Waals surface area contributed by atoms with Gasteiger partial charge in [0, 0.05) is 12.5 Å². The third-order valence-corrected chi connectivity index (χ3v) is 2.78. The van der Waals surface area contributed by atoms with Crippen LogP contribution in [0, 0.1) is 17.8 Å². The van der Waals surface area contributed by atoms with Crippen LogP contribution in [0.25, 0.3) is 0 Å². The topological polar surface area (TPSA) is 26.0 Å². The van der Waals surface area contributed by atoms with Gasteiger partial charge in [-0.1, -0.05) is 12.8 Å². The van der Waals surface area contributed by atoms with Gasteiger partial charge in [0.1, 0.15) is 0 Å². The van der Waals surface area contributed by atoms with E-state index < -0.39 is 0 Å². The SMILES string of the molecule is CC#CCCC(N)C1CCCC1. The minimum absolute atomic E-state index is 0.411. The van der Waals surface area contributed by atoms with Gasteiger partial charge >= 0.3 is 0 Å². The predicted octanol–water partition coefficient (Wildman–Crippen LogP) is 2.31. The molecule has 0 aromatic heterocycles. The Morgan fingerprint density at radius 1 is 1.42 bits per heavy atom. The molecular weight excluding hydrogens is 146 g/mol. The Balaban J connectivity index is 2.16. The zero-order valence-electron chi connectivity index (χ0n) is 7.97. The Bertz CT molecular complexity index is 169. The Morgan fingerprint density at radius 2 is 2.08 bits per heavy atom. The Kier molecular flexibility index (Phi) is 4.18. The summed E-state index contributed by atoms with van der Waals surface area (Å²) in [6, 6.07) is 0.411. The third kappa shape index (κ3) is 2.87. The fourth-order valence-corrected chi connectivity index (χ4v) is 1.99. The fraction of sp³-hybridized carbons (Fsp3) is 0.818. The van der Waals surface area contributed by atoms with Crippen molar-refractivity contribution < 1.29 is 0 Å². The maximum Gasteiger partial charge on any atom is 0.0103 e. The molecular formula is C11H19N. The molecule has 1 saturated carbocycles. The first-order valence-corrected chi connectivity index (χ1v) is 4.99. The largest absolute Gasteiger partial charge is 0.327 e. The lowest BCUT2D eigenvalue weighted by Gasteiger charge is -2.16. The van der Waals surface area contributed by atoms with Gasteiger partial charge in [-0.3, -0.25) is 0 Å². The molecule has 1 aliphatic carbocycles. The number of hydrogen-bond donors (Lipinski definition) is 1. The van der Waals surface area contributed by atoms with E-state index in [2.05, 4.69) is 11.8 Å². The molecule has 1 fully saturated rings. The lowest BCUT2D eigenvalue weighted by molar-refractivity contribution is 0.414. The Hall–Kier alpha value is -0.480. The summed E-state index contributed by atoms with van der Waals surface area (Å²) in [6.45, 7) is 1.89. The van der Waals surface area contributed by atoms with Crippen molar-refractivity contribution >= 4 is 0 Å². The highest BCUT2D eigenvalue weighted by Gasteiger charge is 2.20. The highest BCUT2D eigenvalue weighted by atomic mass is 14.6. The lowest BCUT2D eigenvalue weighted by Crippen LogP contribution is -2.27. The van der Waals surface area contributed by atoms with Crippen molar-refractivity contribution in [2.45, 2.75) is 51.5 Å². The van der Waals surface area contributed by atoms with E-state index in [0.29, 0.717) is 6.04 Å². The highest BCUT2D eigenvalue weighted by Crippen LogP contribution is 2.28. The van der Waals surface area contributed by atoms with Crippen LogP contribution in [-0.2, 0) is 0 Å². The van der Waals surface area contributed by atoms with E-state index in [-0.39, 0.29) is 0 Å². The van der Waals surface area contributed by atoms with E-state index in [9.17, 15) is 0 Å². The van der Waals surface area contributed by atoms with Gasteiger partial charge in [0.15, 0.2) is 0 Å². The molecule has 68 valence electrons. The molecule has 0 aliphatic heterocycles. The second-order valence-corrected chi connectivity index (χ2v) is 3.67. The summed E-state index contributed by atoms with van der Waals surface area (Å²) >= 11 is 0. The zero-order chi connectivity index (χ0) is 8.81. The second-order valence-electron chi connectivity index (χ2n) is 3.67. The first-order valence-electron chi connectivity index (χ1n) is 4.99. The highest BCUT2D eigenvalue weighted by molar-refractivity contribution is 4.96. The standard InChI is InChI=1S/C11H19N/c1-2-3-4-9-11(12)10-7-5-6-8-10/h10-11H,4-9,12H2,1H3. The van der Waals surface area contributed by atoms with E-state index in [1.165, 1.54) is 25.7 Å². The molecule has 0 amide bonds. The van der Waals surface area contributed by atoms with Crippen molar-refractivity contribution in [1.82, 2.24) is 0 Å². The van der Waals surface area contributed by atoms with Crippen molar-refractivity contribution in [3.63, 3.8) is 0 Å². The molecule has 2 N–H and O–H groups in total. The number of hydrogen-bond acceptors (Lipinski definition) is 1. The molecule has 0 aromatic rings. The van der Waals surface area contributed by atoms with Crippen LogP contribution in [0.2, 0.25) is 0 Å². The summed E-state index contributed by atoms with van der Waals surface area (Å²) in [7, 11) is 0. The average molecular weight is 165 g/mol. The van der Waals surface area contributed by atoms with Gasteiger partial charge in [-0.15, -0.1) is 11.8 Å². The lowest BCUT2D eigenvalue weighted by atomic mass is 9.95. The van der Waals surface area contributed by atoms with Crippen LogP contribution in [0.5, 0.6) is 0 Å². The van der Waals surface area contributed by atoms with E-state index in [0.717, 1.165) is 18.8 Å². The summed E-state index contributed by atoms with van der Waals surface area (Å²) in [5.74, 6) is 6.78. The van der Waals surface area contributed by atoms with Gasteiger partial charge in [-0.2, -0.15) is 0 Å². The van der Waals surface area contributed by atoms with Crippen LogP contribution < -0.4 is 5.73 Å². The Labute approximate surface area is 75.7 Å². The van der Waals surface area contributed by atoms with Crippen LogP contribution in [-0.4, -0.2) is 6.04 Å². The molecule has 0 bridgehead atoms. The first kappa shape index (κ1) is 9.61. The summed E-state index contributed by atoms with van der Waals surface area (Å²) in [6.07, 6.45) is 7.54. The zero-order valence-corrected chi connectivity index (χ0v) is 7.97. The summed E-state index contributed by atoms with van der Waals surface area (Å²) in [5, 5.41) is 0. The quantitative estimate of drug-likeness (QED) is 0.638. The van der Waals surface area contributed by atoms with E-state index in [1.54, 1.807) is 0 Å². The average Bonchev–Trinajstić information content (AvgIpc) is 2.56. The van der Waals surface area contributed by atoms with Crippen LogP contribution in [0.1, 0.15) is 45.4 Å². The van der Waals surface area contributed by atoms with Gasteiger partial charge in [0.2, 0.25) is 0 Å². The molecule has 1 nitrogen and oxygen atoms in total. The smallest absolute Gasteiger partial charge is 0.0103 e. The van der Waals surface area contributed by atoms with Crippen LogP contribution >= 0.6 is 0 Å². The van der Waals surface area contributed by atoms with Crippen molar-refractivity contribution in [2.24, 2.45) is 11.7 Å². The maximum absolute atomic E-state index is 6.05. The predicted molar refractivity (Wildman–Crippen MR) is 52.6 cm³/mol. The van der Waals surface area contributed by atoms with Gasteiger partial charge < -0.3 is 5.73 Å². The summed E-state index contributed by atoms with van der Waals surface area (Å²) in [4.78, 5) is 0. The van der Waals surface area contributed by atoms with Gasteiger partial charge in [0.25, 0.3) is 0 Å². The molecule has 12 heavy (non-hydrogen) atoms. The molecule has 1 heteroatoms. The molecule has 1 atom stereocenters. The number of rotatable bonds is 3. The summed E-state index contributed by atoms with van der Waals surface area (Å²) < 4.78 is 0. The van der Waals surface area contributed by atoms with Crippen molar-refractivity contribution in [3.8, 4) is 11.8 Å². The second kappa shape index (κ2) is 5.22. The molecule has 1 aliphatic rings. The first-order chi connectivity index (χ1) is 5.84. The van der Waals surface area contributed by atoms with Gasteiger partial charge in [-0.25, -0.2) is 0 Å². The normalized spacial score (nSPS) is 20.2. The summed E-state index contributed by atoms with van der Waals surface area (Å²) in [5.41, 5.74) is 6.05. The number of nitrogens with two attached hydrogens (primary N) is 1. The van der Waals surface area contributed by atoms with Crippen molar-refractivity contribution in [1.29, 1.82) is 0 Å². The van der Waals surface area contributed by atoms with Gasteiger partial charge in [0.05, 0.1) is 0 Å². The van der Waals surface area contributed by atoms with E-state index >= 15 is 0 Å². The molecule has 0 saturated heterocycles. The van der Waals surface area contributed by atoms with Crippen LogP contribution in [0.15, 0.2) is 0 Å². The van der Waals surface area contributed by atoms with Crippen LogP contribution in [0.4, 0.5) is 0 Å². The van der Waals surface area contributed by atoms with Crippen LogP contribution in [0.3, 0.4) is 0 Å². The monoisotopic (exact) mass is 165 g/mol. The van der Waals surface area contributed by atoms with Crippen molar-refractivity contribution in [2.75, 3.05) is 0 Å². The molecule has 0 heterocycles. The molecule has 1 unspecified atom stereocenters. The Morgan fingerprint density at radius 3 is 2.67 bits per heavy atom. The maximum atomic E-state index is 6.05. The van der Waals surface area contributed by atoms with Crippen molar-refractivity contribution in [3.05, 3.63) is 0 Å². The van der Waals surface area contributed by atoms with E-state index in [4.69, 9.17) is 5.73 Å². The fourth-order valence-electron chi connectivity index (χ4n) is 1.99. The third-order valence-electron chi connectivity index (χ3n) is 2.78. The molecule has 0 radical (unpaired) electrons.